The van der Waals surface area contributed by atoms with Crippen molar-refractivity contribution in [2.45, 2.75) is 32.1 Å². The molecule has 6 nitrogen and oxygen atoms in total. The van der Waals surface area contributed by atoms with Gasteiger partial charge in [0.25, 0.3) is 11.2 Å². The Bertz CT molecular complexity index is 752. The van der Waals surface area contributed by atoms with E-state index in [9.17, 15) is 14.9 Å². The van der Waals surface area contributed by atoms with E-state index in [0.29, 0.717) is 5.56 Å². The van der Waals surface area contributed by atoms with Crippen LogP contribution in [0.25, 0.3) is 11.4 Å². The number of hydrogen-bond donors (Lipinski definition) is 1. The molecule has 1 aliphatic carbocycles. The summed E-state index contributed by atoms with van der Waals surface area (Å²) in [7, 11) is 0. The number of benzene rings is 1. The van der Waals surface area contributed by atoms with Crippen LogP contribution in [0.15, 0.2) is 29.1 Å². The maximum atomic E-state index is 12.2. The molecule has 1 aliphatic rings. The van der Waals surface area contributed by atoms with Gasteiger partial charge in [0, 0.05) is 11.6 Å². The monoisotopic (exact) mass is 285 g/mol. The van der Waals surface area contributed by atoms with Crippen LogP contribution in [-0.4, -0.2) is 14.9 Å². The number of fused-ring (bicyclic) bond motifs is 1. The van der Waals surface area contributed by atoms with Crippen molar-refractivity contribution in [3.05, 3.63) is 56.0 Å². The van der Waals surface area contributed by atoms with Gasteiger partial charge in [0.2, 0.25) is 0 Å². The number of aromatic amines is 1. The summed E-state index contributed by atoms with van der Waals surface area (Å²) in [5.41, 5.74) is 1.65. The molecule has 0 amide bonds. The van der Waals surface area contributed by atoms with Crippen LogP contribution in [0, 0.1) is 10.1 Å². The number of rotatable bonds is 2. The molecule has 2 aromatic rings. The average Bonchev–Trinajstić information content (AvgIpc) is 2.73. The fourth-order valence-corrected chi connectivity index (χ4v) is 2.74. The first kappa shape index (κ1) is 13.5. The number of H-pyrrole nitrogens is 1. The standard InChI is InChI=1S/C15H15N3O3/c19-15-10-6-2-1-3-8-12(10)16-14(17-15)11-7-4-5-9-13(11)18(20)21/h4-5,7,9H,1-3,6,8H2,(H,16,17,19). The topological polar surface area (TPSA) is 88.9 Å². The van der Waals surface area contributed by atoms with Crippen LogP contribution in [0.4, 0.5) is 5.69 Å². The third-order valence-electron chi connectivity index (χ3n) is 3.80. The quantitative estimate of drug-likeness (QED) is 0.522. The SMILES string of the molecule is O=c1[nH]c(-c2ccccc2[N+](=O)[O-])nc2c1CCCCC2. The molecule has 1 N–H and O–H groups in total. The fourth-order valence-electron chi connectivity index (χ4n) is 2.74. The zero-order valence-corrected chi connectivity index (χ0v) is 11.5. The molecule has 1 heterocycles. The molecule has 1 aromatic heterocycles. The van der Waals surface area contributed by atoms with Gasteiger partial charge in [-0.15, -0.1) is 0 Å². The van der Waals surface area contributed by atoms with E-state index < -0.39 is 4.92 Å². The van der Waals surface area contributed by atoms with Gasteiger partial charge < -0.3 is 4.98 Å². The number of hydrogen-bond acceptors (Lipinski definition) is 4. The first-order valence-electron chi connectivity index (χ1n) is 7.02. The van der Waals surface area contributed by atoms with Gasteiger partial charge in [-0.1, -0.05) is 18.6 Å². The van der Waals surface area contributed by atoms with E-state index in [1.54, 1.807) is 18.2 Å². The predicted molar refractivity (Wildman–Crippen MR) is 78.2 cm³/mol. The van der Waals surface area contributed by atoms with Crippen molar-refractivity contribution in [1.82, 2.24) is 9.97 Å². The molecule has 0 bridgehead atoms. The number of aryl methyl sites for hydroxylation is 1. The van der Waals surface area contributed by atoms with Gasteiger partial charge in [0.15, 0.2) is 0 Å². The number of nitro groups is 1. The highest BCUT2D eigenvalue weighted by atomic mass is 16.6. The summed E-state index contributed by atoms with van der Waals surface area (Å²) in [5, 5.41) is 11.1. The Morgan fingerprint density at radius 1 is 1.14 bits per heavy atom. The molecule has 3 rings (SSSR count). The third kappa shape index (κ3) is 2.56. The van der Waals surface area contributed by atoms with Gasteiger partial charge in [0.05, 0.1) is 16.2 Å². The van der Waals surface area contributed by atoms with Gasteiger partial charge in [-0.3, -0.25) is 14.9 Å². The minimum atomic E-state index is -0.457. The lowest BCUT2D eigenvalue weighted by molar-refractivity contribution is -0.384. The second-order valence-electron chi connectivity index (χ2n) is 5.17. The Morgan fingerprint density at radius 3 is 2.71 bits per heavy atom. The van der Waals surface area contributed by atoms with Crippen molar-refractivity contribution in [1.29, 1.82) is 0 Å². The summed E-state index contributed by atoms with van der Waals surface area (Å²) in [4.78, 5) is 30.1. The Morgan fingerprint density at radius 2 is 1.90 bits per heavy atom. The van der Waals surface area contributed by atoms with Crippen molar-refractivity contribution in [3.63, 3.8) is 0 Å². The Kier molecular flexibility index (Phi) is 3.51. The predicted octanol–water partition coefficient (Wildman–Crippen LogP) is 2.61. The van der Waals surface area contributed by atoms with Crippen LogP contribution in [0.1, 0.15) is 30.5 Å². The maximum Gasteiger partial charge on any atom is 0.280 e. The third-order valence-corrected chi connectivity index (χ3v) is 3.80. The molecule has 21 heavy (non-hydrogen) atoms. The van der Waals surface area contributed by atoms with Crippen LogP contribution >= 0.6 is 0 Å². The number of aromatic nitrogens is 2. The molecule has 0 saturated carbocycles. The van der Waals surface area contributed by atoms with Crippen molar-refractivity contribution in [2.75, 3.05) is 0 Å². The molecule has 1 aromatic carbocycles. The highest BCUT2D eigenvalue weighted by Crippen LogP contribution is 2.27. The number of nitrogens with zero attached hydrogens (tertiary/aromatic N) is 2. The van der Waals surface area contributed by atoms with Crippen LogP contribution < -0.4 is 5.56 Å². The fraction of sp³-hybridized carbons (Fsp3) is 0.333. The molecule has 6 heteroatoms. The van der Waals surface area contributed by atoms with E-state index in [4.69, 9.17) is 0 Å². The lowest BCUT2D eigenvalue weighted by atomic mass is 10.1. The summed E-state index contributed by atoms with van der Waals surface area (Å²) in [5.74, 6) is 0.285. The number of para-hydroxylation sites is 1. The first-order valence-corrected chi connectivity index (χ1v) is 7.02. The van der Waals surface area contributed by atoms with Gasteiger partial charge in [-0.05, 0) is 31.7 Å². The van der Waals surface area contributed by atoms with E-state index in [1.807, 2.05) is 0 Å². The van der Waals surface area contributed by atoms with E-state index in [0.717, 1.165) is 43.4 Å². The van der Waals surface area contributed by atoms with Gasteiger partial charge in [-0.2, -0.15) is 0 Å². The molecule has 0 saturated heterocycles. The van der Waals surface area contributed by atoms with Crippen LogP contribution in [-0.2, 0) is 12.8 Å². The molecule has 0 unspecified atom stereocenters. The smallest absolute Gasteiger partial charge is 0.280 e. The van der Waals surface area contributed by atoms with E-state index in [2.05, 4.69) is 9.97 Å². The summed E-state index contributed by atoms with van der Waals surface area (Å²) < 4.78 is 0. The second kappa shape index (κ2) is 5.47. The lowest BCUT2D eigenvalue weighted by Crippen LogP contribution is -2.18. The molecular weight excluding hydrogens is 270 g/mol. The van der Waals surface area contributed by atoms with Gasteiger partial charge in [-0.25, -0.2) is 4.98 Å². The highest BCUT2D eigenvalue weighted by Gasteiger charge is 2.20. The zero-order valence-electron chi connectivity index (χ0n) is 11.5. The van der Waals surface area contributed by atoms with Gasteiger partial charge in [0.1, 0.15) is 5.82 Å². The zero-order chi connectivity index (χ0) is 14.8. The van der Waals surface area contributed by atoms with Gasteiger partial charge >= 0.3 is 0 Å². The second-order valence-corrected chi connectivity index (χ2v) is 5.17. The molecule has 108 valence electrons. The lowest BCUT2D eigenvalue weighted by Gasteiger charge is -2.07. The van der Waals surface area contributed by atoms with Crippen LogP contribution in [0.2, 0.25) is 0 Å². The molecule has 0 aliphatic heterocycles. The van der Waals surface area contributed by atoms with Crippen LogP contribution in [0.5, 0.6) is 0 Å². The minimum Gasteiger partial charge on any atom is -0.306 e. The molecular formula is C15H15N3O3. The number of nitrogens with one attached hydrogen (secondary N) is 1. The van der Waals surface area contributed by atoms with Crippen molar-refractivity contribution < 1.29 is 4.92 Å². The Balaban J connectivity index is 2.17. The van der Waals surface area contributed by atoms with Crippen molar-refractivity contribution in [3.8, 4) is 11.4 Å². The first-order chi connectivity index (χ1) is 10.2. The average molecular weight is 285 g/mol. The van der Waals surface area contributed by atoms with E-state index >= 15 is 0 Å². The minimum absolute atomic E-state index is 0.0470. The van der Waals surface area contributed by atoms with E-state index in [1.165, 1.54) is 6.07 Å². The van der Waals surface area contributed by atoms with Crippen molar-refractivity contribution in [2.24, 2.45) is 0 Å². The molecule has 0 fully saturated rings. The maximum absolute atomic E-state index is 12.2. The summed E-state index contributed by atoms with van der Waals surface area (Å²) in [6.07, 6.45) is 4.56. The number of nitro benzene ring substituents is 1. The van der Waals surface area contributed by atoms with Crippen LogP contribution in [0.3, 0.4) is 0 Å². The molecule has 0 radical (unpaired) electrons. The Labute approximate surface area is 121 Å². The van der Waals surface area contributed by atoms with Crippen molar-refractivity contribution >= 4 is 5.69 Å². The molecule has 0 atom stereocenters. The summed E-state index contributed by atoms with van der Waals surface area (Å²) >= 11 is 0. The normalized spacial score (nSPS) is 14.3. The summed E-state index contributed by atoms with van der Waals surface area (Å²) in [6, 6.07) is 6.33. The Hall–Kier alpha value is -2.50. The largest absolute Gasteiger partial charge is 0.306 e. The highest BCUT2D eigenvalue weighted by molar-refractivity contribution is 5.67. The van der Waals surface area contributed by atoms with E-state index in [-0.39, 0.29) is 17.1 Å². The molecule has 0 spiro atoms. The summed E-state index contributed by atoms with van der Waals surface area (Å²) in [6.45, 7) is 0.